The second-order valence-electron chi connectivity index (χ2n) is 8.07. The topological polar surface area (TPSA) is 49.4 Å². The minimum Gasteiger partial charge on any atom is -0.151 e. The Morgan fingerprint density at radius 2 is 0.639 bits per heavy atom. The molecule has 0 aromatic heterocycles. The summed E-state index contributed by atoms with van der Waals surface area (Å²) in [7, 11) is 0. The molecule has 6 aromatic carbocycles. The van der Waals surface area contributed by atoms with Gasteiger partial charge in [0.1, 0.15) is 0 Å². The highest BCUT2D eigenvalue weighted by Crippen LogP contribution is 2.30. The molecule has 0 saturated heterocycles. The van der Waals surface area contributed by atoms with E-state index >= 15 is 0 Å². The number of fused-ring (bicyclic) bond motifs is 2. The molecule has 0 spiro atoms. The predicted octanol–water partition coefficient (Wildman–Crippen LogP) is 10.5. The average Bonchev–Trinajstić information content (AvgIpc) is 2.96. The van der Waals surface area contributed by atoms with Crippen molar-refractivity contribution in [1.29, 1.82) is 0 Å². The fourth-order valence-electron chi connectivity index (χ4n) is 3.80. The lowest BCUT2D eigenvalue weighted by Gasteiger charge is -2.02. The number of rotatable bonds is 4. The summed E-state index contributed by atoms with van der Waals surface area (Å²) < 4.78 is 0. The Kier molecular flexibility index (Phi) is 7.26. The third-order valence-electron chi connectivity index (χ3n) is 5.59. The lowest BCUT2D eigenvalue weighted by molar-refractivity contribution is 1.23. The van der Waals surface area contributed by atoms with Crippen LogP contribution in [-0.4, -0.2) is 0 Å². The molecular formula is C32H24N4. The summed E-state index contributed by atoms with van der Waals surface area (Å²) >= 11 is 0. The van der Waals surface area contributed by atoms with Crippen molar-refractivity contribution in [3.8, 4) is 0 Å². The molecule has 4 nitrogen and oxygen atoms in total. The summed E-state index contributed by atoms with van der Waals surface area (Å²) in [5.74, 6) is 0. The van der Waals surface area contributed by atoms with Crippen molar-refractivity contribution in [2.75, 3.05) is 0 Å². The summed E-state index contributed by atoms with van der Waals surface area (Å²) in [6.45, 7) is 0. The van der Waals surface area contributed by atoms with Crippen LogP contribution in [0.1, 0.15) is 0 Å². The van der Waals surface area contributed by atoms with Crippen molar-refractivity contribution in [2.45, 2.75) is 0 Å². The van der Waals surface area contributed by atoms with Crippen LogP contribution in [0.4, 0.5) is 22.7 Å². The summed E-state index contributed by atoms with van der Waals surface area (Å²) in [6.07, 6.45) is 0. The fraction of sp³-hybridized carbons (Fsp3) is 0. The van der Waals surface area contributed by atoms with Crippen molar-refractivity contribution >= 4 is 44.3 Å². The first-order valence-electron chi connectivity index (χ1n) is 11.8. The lowest BCUT2D eigenvalue weighted by atomic mass is 10.1. The zero-order valence-electron chi connectivity index (χ0n) is 19.6. The standard InChI is InChI=1S/C20H14N2.C12H10N2/c1-3-11-17-15(7-1)9-5-13-19(17)21-22-20-14-6-10-16-8-2-4-12-18(16)20;1-3-7-11(8-4-1)13-14-12-9-5-2-6-10-12/h1-14H;1-10H. The zero-order chi connectivity index (χ0) is 24.4. The molecule has 0 bridgehead atoms. The van der Waals surface area contributed by atoms with E-state index in [1.54, 1.807) is 0 Å². The van der Waals surface area contributed by atoms with E-state index in [-0.39, 0.29) is 0 Å². The Hall–Kier alpha value is -4.96. The highest BCUT2D eigenvalue weighted by molar-refractivity contribution is 5.93. The van der Waals surface area contributed by atoms with Crippen LogP contribution in [0.5, 0.6) is 0 Å². The number of benzene rings is 6. The summed E-state index contributed by atoms with van der Waals surface area (Å²) in [5, 5.41) is 21.8. The van der Waals surface area contributed by atoms with Crippen LogP contribution < -0.4 is 0 Å². The van der Waals surface area contributed by atoms with Gasteiger partial charge in [-0.15, -0.1) is 10.2 Å². The van der Waals surface area contributed by atoms with Gasteiger partial charge in [0.2, 0.25) is 0 Å². The number of azo groups is 2. The molecule has 36 heavy (non-hydrogen) atoms. The monoisotopic (exact) mass is 464 g/mol. The molecule has 0 saturated carbocycles. The van der Waals surface area contributed by atoms with Crippen LogP contribution in [0.2, 0.25) is 0 Å². The van der Waals surface area contributed by atoms with Crippen LogP contribution in [0.25, 0.3) is 21.5 Å². The van der Waals surface area contributed by atoms with Crippen LogP contribution in [-0.2, 0) is 0 Å². The third kappa shape index (κ3) is 5.75. The van der Waals surface area contributed by atoms with E-state index in [1.165, 1.54) is 10.8 Å². The van der Waals surface area contributed by atoms with Gasteiger partial charge in [0.05, 0.1) is 22.7 Å². The normalized spacial score (nSPS) is 11.1. The van der Waals surface area contributed by atoms with Gasteiger partial charge in [-0.1, -0.05) is 109 Å². The van der Waals surface area contributed by atoms with E-state index in [0.29, 0.717) is 0 Å². The molecule has 0 unspecified atom stereocenters. The van der Waals surface area contributed by atoms with Gasteiger partial charge in [0.25, 0.3) is 0 Å². The second-order valence-corrected chi connectivity index (χ2v) is 8.07. The van der Waals surface area contributed by atoms with E-state index < -0.39 is 0 Å². The van der Waals surface area contributed by atoms with Gasteiger partial charge in [-0.25, -0.2) is 0 Å². The molecular weight excluding hydrogens is 440 g/mol. The molecule has 172 valence electrons. The Morgan fingerprint density at radius 3 is 1.08 bits per heavy atom. The maximum Gasteiger partial charge on any atom is 0.0935 e. The van der Waals surface area contributed by atoms with Crippen molar-refractivity contribution in [3.63, 3.8) is 0 Å². The number of hydrogen-bond acceptors (Lipinski definition) is 4. The van der Waals surface area contributed by atoms with Crippen molar-refractivity contribution < 1.29 is 0 Å². The summed E-state index contributed by atoms with van der Waals surface area (Å²) in [6, 6.07) is 48.0. The first-order chi connectivity index (χ1) is 17.9. The van der Waals surface area contributed by atoms with Crippen molar-refractivity contribution in [1.82, 2.24) is 0 Å². The highest BCUT2D eigenvalue weighted by atomic mass is 15.1. The molecule has 0 aliphatic rings. The zero-order valence-corrected chi connectivity index (χ0v) is 19.6. The van der Waals surface area contributed by atoms with Crippen LogP contribution in [0.15, 0.2) is 166 Å². The first kappa shape index (κ1) is 22.8. The molecule has 0 aliphatic heterocycles. The van der Waals surface area contributed by atoms with Crippen molar-refractivity contribution in [2.24, 2.45) is 20.5 Å². The quantitative estimate of drug-likeness (QED) is 0.233. The first-order valence-corrected chi connectivity index (χ1v) is 11.8. The fourth-order valence-corrected chi connectivity index (χ4v) is 3.80. The average molecular weight is 465 g/mol. The SMILES string of the molecule is c1ccc(N=Nc2ccccc2)cc1.c1ccc2c(N=Nc3cccc4ccccc34)cccc2c1. The van der Waals surface area contributed by atoms with E-state index in [9.17, 15) is 0 Å². The second kappa shape index (κ2) is 11.4. The maximum absolute atomic E-state index is 4.48. The molecule has 4 heteroatoms. The van der Waals surface area contributed by atoms with E-state index in [4.69, 9.17) is 0 Å². The predicted molar refractivity (Wildman–Crippen MR) is 149 cm³/mol. The van der Waals surface area contributed by atoms with Gasteiger partial charge >= 0.3 is 0 Å². The number of nitrogens with zero attached hydrogens (tertiary/aromatic N) is 4. The maximum atomic E-state index is 4.48. The van der Waals surface area contributed by atoms with Gasteiger partial charge in [-0.05, 0) is 47.2 Å². The minimum absolute atomic E-state index is 0.872. The van der Waals surface area contributed by atoms with Crippen LogP contribution in [0.3, 0.4) is 0 Å². The Morgan fingerprint density at radius 1 is 0.278 bits per heavy atom. The van der Waals surface area contributed by atoms with Crippen molar-refractivity contribution in [3.05, 3.63) is 146 Å². The number of hydrogen-bond donors (Lipinski definition) is 0. The Balaban J connectivity index is 0.000000165. The van der Waals surface area contributed by atoms with E-state index in [1.807, 2.05) is 109 Å². The molecule has 6 rings (SSSR count). The van der Waals surface area contributed by atoms with E-state index in [0.717, 1.165) is 33.5 Å². The molecule has 0 heterocycles. The molecule has 0 aliphatic carbocycles. The van der Waals surface area contributed by atoms with Gasteiger partial charge in [-0.2, -0.15) is 10.2 Å². The third-order valence-corrected chi connectivity index (χ3v) is 5.59. The van der Waals surface area contributed by atoms with Gasteiger partial charge in [0, 0.05) is 10.8 Å². The molecule has 0 radical (unpaired) electrons. The Bertz CT molecular complexity index is 1490. The molecule has 0 fully saturated rings. The molecule has 0 N–H and O–H groups in total. The van der Waals surface area contributed by atoms with Gasteiger partial charge < -0.3 is 0 Å². The van der Waals surface area contributed by atoms with E-state index in [2.05, 4.69) is 56.9 Å². The lowest BCUT2D eigenvalue weighted by Crippen LogP contribution is -1.74. The summed E-state index contributed by atoms with van der Waals surface area (Å²) in [4.78, 5) is 0. The molecule has 0 amide bonds. The molecule has 6 aromatic rings. The smallest absolute Gasteiger partial charge is 0.0935 e. The minimum atomic E-state index is 0.872. The van der Waals surface area contributed by atoms with Gasteiger partial charge in [-0.3, -0.25) is 0 Å². The van der Waals surface area contributed by atoms with Gasteiger partial charge in [0.15, 0.2) is 0 Å². The van der Waals surface area contributed by atoms with Crippen LogP contribution >= 0.6 is 0 Å². The largest absolute Gasteiger partial charge is 0.151 e. The Labute approximate surface area is 210 Å². The highest BCUT2D eigenvalue weighted by Gasteiger charge is 2.01. The summed E-state index contributed by atoms with van der Waals surface area (Å²) in [5.41, 5.74) is 3.53. The van der Waals surface area contributed by atoms with Crippen LogP contribution in [0, 0.1) is 0 Å². The molecule has 0 atom stereocenters.